The maximum Gasteiger partial charge on any atom is 0.253 e. The first-order chi connectivity index (χ1) is 11.3. The zero-order valence-corrected chi connectivity index (χ0v) is 13.2. The standard InChI is InChI=1S/C19H21NO3/c1-22-18(14-7-3-2-4-8-14)19(21)20-12-11-16-13-15-9-5-6-10-17(15)23-16/h2-10,16,18H,11-13H2,1H3,(H,20,21)/t16-,18+/m0/s1. The first kappa shape index (κ1) is 15.6. The average molecular weight is 311 g/mol. The van der Waals surface area contributed by atoms with Gasteiger partial charge >= 0.3 is 0 Å². The fourth-order valence-electron chi connectivity index (χ4n) is 2.89. The van der Waals surface area contributed by atoms with E-state index in [-0.39, 0.29) is 12.0 Å². The van der Waals surface area contributed by atoms with Crippen LogP contribution in [0.2, 0.25) is 0 Å². The van der Waals surface area contributed by atoms with E-state index in [1.165, 1.54) is 5.56 Å². The first-order valence-electron chi connectivity index (χ1n) is 7.88. The molecule has 1 heterocycles. The third-order valence-electron chi connectivity index (χ3n) is 4.06. The van der Waals surface area contributed by atoms with Gasteiger partial charge in [0.1, 0.15) is 11.9 Å². The van der Waals surface area contributed by atoms with Crippen molar-refractivity contribution in [2.75, 3.05) is 13.7 Å². The molecule has 4 nitrogen and oxygen atoms in total. The minimum atomic E-state index is -0.571. The van der Waals surface area contributed by atoms with E-state index in [2.05, 4.69) is 11.4 Å². The molecule has 0 spiro atoms. The van der Waals surface area contributed by atoms with Crippen molar-refractivity contribution in [3.05, 3.63) is 65.7 Å². The van der Waals surface area contributed by atoms with Crippen molar-refractivity contribution >= 4 is 5.91 Å². The van der Waals surface area contributed by atoms with Gasteiger partial charge in [0.2, 0.25) is 0 Å². The minimum Gasteiger partial charge on any atom is -0.490 e. The van der Waals surface area contributed by atoms with Gasteiger partial charge in [0.05, 0.1) is 0 Å². The highest BCUT2D eigenvalue weighted by atomic mass is 16.5. The molecule has 4 heteroatoms. The van der Waals surface area contributed by atoms with Gasteiger partial charge in [-0.3, -0.25) is 4.79 Å². The molecule has 0 saturated heterocycles. The molecule has 2 aromatic carbocycles. The minimum absolute atomic E-state index is 0.116. The van der Waals surface area contributed by atoms with Crippen molar-refractivity contribution in [3.8, 4) is 5.75 Å². The molecule has 2 aromatic rings. The molecular weight excluding hydrogens is 290 g/mol. The number of hydrogen-bond donors (Lipinski definition) is 1. The lowest BCUT2D eigenvalue weighted by Gasteiger charge is -2.16. The number of rotatable bonds is 6. The van der Waals surface area contributed by atoms with Gasteiger partial charge in [0, 0.05) is 26.5 Å². The van der Waals surface area contributed by atoms with Crippen molar-refractivity contribution in [3.63, 3.8) is 0 Å². The number of amides is 1. The maximum atomic E-state index is 12.3. The zero-order chi connectivity index (χ0) is 16.1. The number of benzene rings is 2. The topological polar surface area (TPSA) is 47.6 Å². The Morgan fingerprint density at radius 3 is 2.70 bits per heavy atom. The molecule has 0 radical (unpaired) electrons. The van der Waals surface area contributed by atoms with Gasteiger partial charge < -0.3 is 14.8 Å². The van der Waals surface area contributed by atoms with E-state index < -0.39 is 6.10 Å². The van der Waals surface area contributed by atoms with Gasteiger partial charge in [-0.25, -0.2) is 0 Å². The highest BCUT2D eigenvalue weighted by Crippen LogP contribution is 2.29. The van der Waals surface area contributed by atoms with E-state index in [1.54, 1.807) is 7.11 Å². The van der Waals surface area contributed by atoms with Crippen LogP contribution in [-0.2, 0) is 16.0 Å². The Morgan fingerprint density at radius 2 is 1.96 bits per heavy atom. The summed E-state index contributed by atoms with van der Waals surface area (Å²) in [7, 11) is 1.55. The summed E-state index contributed by atoms with van der Waals surface area (Å²) in [6, 6.07) is 17.6. The van der Waals surface area contributed by atoms with Gasteiger partial charge in [-0.15, -0.1) is 0 Å². The summed E-state index contributed by atoms with van der Waals surface area (Å²) in [6.07, 6.45) is 1.24. The van der Waals surface area contributed by atoms with Gasteiger partial charge in [0.25, 0.3) is 5.91 Å². The van der Waals surface area contributed by atoms with E-state index >= 15 is 0 Å². The van der Waals surface area contributed by atoms with Crippen LogP contribution in [0.4, 0.5) is 0 Å². The third-order valence-corrected chi connectivity index (χ3v) is 4.06. The number of carbonyl (C=O) groups is 1. The van der Waals surface area contributed by atoms with Crippen LogP contribution in [0.3, 0.4) is 0 Å². The maximum absolute atomic E-state index is 12.3. The van der Waals surface area contributed by atoms with E-state index in [0.29, 0.717) is 6.54 Å². The Hall–Kier alpha value is -2.33. The molecule has 3 rings (SSSR count). The molecule has 120 valence electrons. The summed E-state index contributed by atoms with van der Waals surface area (Å²) >= 11 is 0. The Bertz CT molecular complexity index is 632. The van der Waals surface area contributed by atoms with Crippen molar-refractivity contribution in [2.45, 2.75) is 25.0 Å². The van der Waals surface area contributed by atoms with Crippen LogP contribution in [0.25, 0.3) is 0 Å². The normalized spacial score (nSPS) is 17.2. The number of ether oxygens (including phenoxy) is 2. The summed E-state index contributed by atoms with van der Waals surface area (Å²) in [5.74, 6) is 0.845. The molecule has 0 saturated carbocycles. The molecule has 0 aromatic heterocycles. The van der Waals surface area contributed by atoms with Crippen LogP contribution in [-0.4, -0.2) is 25.7 Å². The highest BCUT2D eigenvalue weighted by molar-refractivity contribution is 5.82. The lowest BCUT2D eigenvalue weighted by molar-refractivity contribution is -0.131. The molecule has 1 aliphatic rings. The fourth-order valence-corrected chi connectivity index (χ4v) is 2.89. The smallest absolute Gasteiger partial charge is 0.253 e. The number of para-hydroxylation sites is 1. The van der Waals surface area contributed by atoms with Gasteiger partial charge in [0.15, 0.2) is 6.10 Å². The second kappa shape index (κ2) is 7.29. The average Bonchev–Trinajstić information content (AvgIpc) is 2.99. The van der Waals surface area contributed by atoms with Crippen molar-refractivity contribution in [2.24, 2.45) is 0 Å². The fraction of sp³-hybridized carbons (Fsp3) is 0.316. The number of methoxy groups -OCH3 is 1. The largest absolute Gasteiger partial charge is 0.490 e. The SMILES string of the molecule is CO[C@@H](C(=O)NCC[C@H]1Cc2ccccc2O1)c1ccccc1. The number of nitrogens with one attached hydrogen (secondary N) is 1. The number of fused-ring (bicyclic) bond motifs is 1. The quantitative estimate of drug-likeness (QED) is 0.892. The molecule has 0 bridgehead atoms. The zero-order valence-electron chi connectivity index (χ0n) is 13.2. The highest BCUT2D eigenvalue weighted by Gasteiger charge is 2.23. The predicted molar refractivity (Wildman–Crippen MR) is 88.4 cm³/mol. The molecule has 0 unspecified atom stereocenters. The first-order valence-corrected chi connectivity index (χ1v) is 7.88. The predicted octanol–water partition coefficient (Wildman–Crippen LogP) is 2.88. The van der Waals surface area contributed by atoms with Crippen LogP contribution in [0.15, 0.2) is 54.6 Å². The van der Waals surface area contributed by atoms with E-state index in [4.69, 9.17) is 9.47 Å². The molecule has 1 aliphatic heterocycles. The molecule has 23 heavy (non-hydrogen) atoms. The van der Waals surface area contributed by atoms with Gasteiger partial charge in [-0.2, -0.15) is 0 Å². The van der Waals surface area contributed by atoms with Crippen LogP contribution in [0, 0.1) is 0 Å². The van der Waals surface area contributed by atoms with Crippen molar-refractivity contribution < 1.29 is 14.3 Å². The van der Waals surface area contributed by atoms with Gasteiger partial charge in [-0.05, 0) is 17.2 Å². The summed E-state index contributed by atoms with van der Waals surface area (Å²) in [4.78, 5) is 12.3. The van der Waals surface area contributed by atoms with Crippen LogP contribution >= 0.6 is 0 Å². The van der Waals surface area contributed by atoms with Crippen LogP contribution in [0.1, 0.15) is 23.7 Å². The monoisotopic (exact) mass is 311 g/mol. The summed E-state index contributed by atoms with van der Waals surface area (Å²) in [5, 5.41) is 2.94. The molecule has 1 N–H and O–H groups in total. The molecule has 0 fully saturated rings. The lowest BCUT2D eigenvalue weighted by atomic mass is 10.1. The van der Waals surface area contributed by atoms with Crippen LogP contribution in [0.5, 0.6) is 5.75 Å². The summed E-state index contributed by atoms with van der Waals surface area (Å²) in [6.45, 7) is 0.574. The van der Waals surface area contributed by atoms with E-state index in [0.717, 1.165) is 24.2 Å². The second-order valence-corrected chi connectivity index (χ2v) is 5.66. The van der Waals surface area contributed by atoms with Gasteiger partial charge in [-0.1, -0.05) is 48.5 Å². The number of hydrogen-bond acceptors (Lipinski definition) is 3. The molecule has 0 aliphatic carbocycles. The third kappa shape index (κ3) is 3.71. The Kier molecular flexibility index (Phi) is 4.93. The Balaban J connectivity index is 1.48. The Labute approximate surface area is 136 Å². The van der Waals surface area contributed by atoms with E-state index in [1.807, 2.05) is 48.5 Å². The molecule has 1 amide bonds. The Morgan fingerprint density at radius 1 is 1.22 bits per heavy atom. The van der Waals surface area contributed by atoms with Crippen molar-refractivity contribution in [1.29, 1.82) is 0 Å². The second-order valence-electron chi connectivity index (χ2n) is 5.66. The summed E-state index contributed by atoms with van der Waals surface area (Å²) in [5.41, 5.74) is 2.10. The molecular formula is C19H21NO3. The lowest BCUT2D eigenvalue weighted by Crippen LogP contribution is -2.33. The number of carbonyl (C=O) groups excluding carboxylic acids is 1. The van der Waals surface area contributed by atoms with Crippen molar-refractivity contribution in [1.82, 2.24) is 5.32 Å². The summed E-state index contributed by atoms with van der Waals surface area (Å²) < 4.78 is 11.2. The molecule has 2 atom stereocenters. The van der Waals surface area contributed by atoms with Crippen LogP contribution < -0.4 is 10.1 Å². The van der Waals surface area contributed by atoms with E-state index in [9.17, 15) is 4.79 Å².